The predicted molar refractivity (Wildman–Crippen MR) is 70.8 cm³/mol. The van der Waals surface area contributed by atoms with Crippen LogP contribution >= 0.6 is 11.8 Å². The number of hydrogen-bond donors (Lipinski definition) is 2. The lowest BCUT2D eigenvalue weighted by Gasteiger charge is -2.30. The minimum atomic E-state index is -0.516. The first-order valence-corrected chi connectivity index (χ1v) is 6.81. The van der Waals surface area contributed by atoms with Gasteiger partial charge >= 0.3 is 0 Å². The molecule has 102 valence electrons. The molecule has 0 spiro atoms. The summed E-state index contributed by atoms with van der Waals surface area (Å²) in [5.74, 6) is -0.435. The molecule has 1 rings (SSSR count). The highest BCUT2D eigenvalue weighted by Crippen LogP contribution is 2.26. The van der Waals surface area contributed by atoms with Crippen molar-refractivity contribution in [3.8, 4) is 0 Å². The molecule has 0 radical (unpaired) electrons. The van der Waals surface area contributed by atoms with Crippen LogP contribution in [-0.4, -0.2) is 29.0 Å². The molecule has 1 atom stereocenters. The third-order valence-corrected chi connectivity index (χ3v) is 3.83. The van der Waals surface area contributed by atoms with Gasteiger partial charge in [-0.25, -0.2) is 8.78 Å². The quantitative estimate of drug-likeness (QED) is 0.783. The third kappa shape index (κ3) is 4.55. The molecule has 1 aromatic rings. The molecule has 18 heavy (non-hydrogen) atoms. The Labute approximate surface area is 111 Å². The summed E-state index contributed by atoms with van der Waals surface area (Å²) in [6, 6.07) is 3.59. The predicted octanol–water partition coefficient (Wildman–Crippen LogP) is 2.81. The minimum absolute atomic E-state index is 0.0604. The highest BCUT2D eigenvalue weighted by atomic mass is 32.2. The van der Waals surface area contributed by atoms with Gasteiger partial charge in [-0.2, -0.15) is 0 Å². The van der Waals surface area contributed by atoms with Gasteiger partial charge in [0.15, 0.2) is 0 Å². The average Bonchev–Trinajstić information content (AvgIpc) is 2.29. The summed E-state index contributed by atoms with van der Waals surface area (Å²) in [4.78, 5) is 0.264. The normalized spacial score (nSPS) is 14.8. The smallest absolute Gasteiger partial charge is 0.136 e. The maximum absolute atomic E-state index is 13.4. The molecule has 0 fully saturated rings. The van der Waals surface area contributed by atoms with Crippen LogP contribution in [0.5, 0.6) is 0 Å². The Morgan fingerprint density at radius 1 is 1.39 bits per heavy atom. The van der Waals surface area contributed by atoms with Gasteiger partial charge in [0.1, 0.15) is 11.6 Å². The van der Waals surface area contributed by atoms with Crippen LogP contribution < -0.4 is 5.32 Å². The van der Waals surface area contributed by atoms with E-state index in [0.29, 0.717) is 5.75 Å². The first-order valence-electron chi connectivity index (χ1n) is 5.83. The number of halogens is 2. The third-order valence-electron chi connectivity index (χ3n) is 2.43. The molecule has 0 aliphatic heterocycles. The second kappa shape index (κ2) is 6.50. The summed E-state index contributed by atoms with van der Waals surface area (Å²) in [7, 11) is 0. The summed E-state index contributed by atoms with van der Waals surface area (Å²) in [5.41, 5.74) is -0.516. The summed E-state index contributed by atoms with van der Waals surface area (Å²) >= 11 is 1.20. The van der Waals surface area contributed by atoms with E-state index in [-0.39, 0.29) is 17.5 Å². The molecule has 0 amide bonds. The van der Waals surface area contributed by atoms with E-state index in [1.807, 2.05) is 20.8 Å². The molecular weight excluding hydrogens is 256 g/mol. The van der Waals surface area contributed by atoms with Crippen molar-refractivity contribution in [3.05, 3.63) is 29.8 Å². The van der Waals surface area contributed by atoms with Crippen molar-refractivity contribution in [2.75, 3.05) is 12.4 Å². The lowest BCUT2D eigenvalue weighted by molar-refractivity contribution is 0.183. The number of nitrogens with one attached hydrogen (secondary N) is 1. The van der Waals surface area contributed by atoms with Crippen LogP contribution in [0.4, 0.5) is 8.78 Å². The van der Waals surface area contributed by atoms with Crippen molar-refractivity contribution in [1.82, 2.24) is 5.32 Å². The Bertz CT molecular complexity index is 401. The molecule has 2 nitrogen and oxygen atoms in total. The van der Waals surface area contributed by atoms with Gasteiger partial charge < -0.3 is 10.4 Å². The van der Waals surface area contributed by atoms with Crippen LogP contribution in [0, 0.1) is 11.6 Å². The number of aliphatic hydroxyl groups is 1. The Morgan fingerprint density at radius 2 is 2.06 bits per heavy atom. The number of thioether (sulfide) groups is 1. The molecule has 0 aliphatic rings. The number of rotatable bonds is 6. The minimum Gasteiger partial charge on any atom is -0.394 e. The maximum Gasteiger partial charge on any atom is 0.136 e. The van der Waals surface area contributed by atoms with Crippen LogP contribution in [0.1, 0.15) is 20.8 Å². The first-order chi connectivity index (χ1) is 8.36. The second-order valence-electron chi connectivity index (χ2n) is 4.88. The summed E-state index contributed by atoms with van der Waals surface area (Å²) in [6.45, 7) is 5.75. The van der Waals surface area contributed by atoms with Crippen LogP contribution in [0.2, 0.25) is 0 Å². The van der Waals surface area contributed by atoms with Gasteiger partial charge in [0.05, 0.1) is 6.61 Å². The molecule has 5 heteroatoms. The van der Waals surface area contributed by atoms with Gasteiger partial charge in [0.2, 0.25) is 0 Å². The molecule has 0 aliphatic carbocycles. The topological polar surface area (TPSA) is 32.3 Å². The largest absolute Gasteiger partial charge is 0.394 e. The van der Waals surface area contributed by atoms with E-state index in [4.69, 9.17) is 0 Å². The van der Waals surface area contributed by atoms with Crippen molar-refractivity contribution in [3.63, 3.8) is 0 Å². The van der Waals surface area contributed by atoms with Crippen molar-refractivity contribution >= 4 is 11.8 Å². The number of benzene rings is 1. The van der Waals surface area contributed by atoms with Crippen molar-refractivity contribution < 1.29 is 13.9 Å². The monoisotopic (exact) mass is 275 g/mol. The van der Waals surface area contributed by atoms with E-state index < -0.39 is 17.2 Å². The molecule has 1 aromatic carbocycles. The van der Waals surface area contributed by atoms with E-state index in [9.17, 15) is 13.9 Å². The van der Waals surface area contributed by atoms with Gasteiger partial charge in [-0.1, -0.05) is 13.8 Å². The molecule has 2 N–H and O–H groups in total. The maximum atomic E-state index is 13.4. The van der Waals surface area contributed by atoms with Crippen LogP contribution in [0.3, 0.4) is 0 Å². The second-order valence-corrected chi connectivity index (χ2v) is 5.90. The summed E-state index contributed by atoms with van der Waals surface area (Å²) in [5, 5.41) is 12.6. The number of aliphatic hydroxyl groups excluding tert-OH is 1. The van der Waals surface area contributed by atoms with Gasteiger partial charge in [0.25, 0.3) is 0 Å². The highest BCUT2D eigenvalue weighted by molar-refractivity contribution is 7.99. The fourth-order valence-corrected chi connectivity index (χ4v) is 2.71. The highest BCUT2D eigenvalue weighted by Gasteiger charge is 2.24. The molecular formula is C13H19F2NOS. The van der Waals surface area contributed by atoms with Gasteiger partial charge in [-0.15, -0.1) is 11.8 Å². The first kappa shape index (κ1) is 15.4. The summed E-state index contributed by atoms with van der Waals surface area (Å²) in [6.07, 6.45) is 0. The van der Waals surface area contributed by atoms with E-state index in [2.05, 4.69) is 5.32 Å². The van der Waals surface area contributed by atoms with Gasteiger partial charge in [0, 0.05) is 22.2 Å². The lowest BCUT2D eigenvalue weighted by atomic mass is 10.1. The molecule has 1 unspecified atom stereocenters. The Morgan fingerprint density at radius 3 is 2.61 bits per heavy atom. The molecule has 0 aromatic heterocycles. The van der Waals surface area contributed by atoms with Crippen LogP contribution in [0.25, 0.3) is 0 Å². The van der Waals surface area contributed by atoms with Gasteiger partial charge in [-0.05, 0) is 25.1 Å². The average molecular weight is 275 g/mol. The molecule has 0 heterocycles. The molecule has 0 saturated heterocycles. The van der Waals surface area contributed by atoms with E-state index in [1.54, 1.807) is 0 Å². The molecule has 0 bridgehead atoms. The Balaban J connectivity index is 2.70. The fourth-order valence-electron chi connectivity index (χ4n) is 1.65. The van der Waals surface area contributed by atoms with E-state index in [0.717, 1.165) is 12.1 Å². The zero-order valence-electron chi connectivity index (χ0n) is 10.8. The summed E-state index contributed by atoms with van der Waals surface area (Å²) < 4.78 is 26.5. The Hall–Kier alpha value is -0.650. The molecule has 0 saturated carbocycles. The lowest BCUT2D eigenvalue weighted by Crippen LogP contribution is -2.51. The number of hydrogen-bond acceptors (Lipinski definition) is 3. The van der Waals surface area contributed by atoms with Crippen molar-refractivity contribution in [2.24, 2.45) is 0 Å². The zero-order valence-corrected chi connectivity index (χ0v) is 11.7. The Kier molecular flexibility index (Phi) is 5.56. The van der Waals surface area contributed by atoms with E-state index >= 15 is 0 Å². The standard InChI is InChI=1S/C13H19F2NOS/c1-9(2)16-13(3,7-17)8-18-12-6-10(14)4-5-11(12)15/h4-6,9,16-17H,7-8H2,1-3H3. The fraction of sp³-hybridized carbons (Fsp3) is 0.538. The van der Waals surface area contributed by atoms with Gasteiger partial charge in [-0.3, -0.25) is 0 Å². The van der Waals surface area contributed by atoms with Crippen molar-refractivity contribution in [2.45, 2.75) is 37.2 Å². The van der Waals surface area contributed by atoms with Crippen LogP contribution in [-0.2, 0) is 0 Å². The van der Waals surface area contributed by atoms with Crippen molar-refractivity contribution in [1.29, 1.82) is 0 Å². The van der Waals surface area contributed by atoms with Crippen LogP contribution in [0.15, 0.2) is 23.1 Å². The SMILES string of the molecule is CC(C)NC(C)(CO)CSc1cc(F)ccc1F. The van der Waals surface area contributed by atoms with E-state index in [1.165, 1.54) is 17.8 Å². The zero-order chi connectivity index (χ0) is 13.8.